The fourth-order valence-corrected chi connectivity index (χ4v) is 0.646. The molecule has 2 unspecified atom stereocenters. The predicted molar refractivity (Wildman–Crippen MR) is 23.4 cm³/mol. The highest BCUT2D eigenvalue weighted by molar-refractivity contribution is 4.66. The zero-order chi connectivity index (χ0) is 5.28. The van der Waals surface area contributed by atoms with Gasteiger partial charge in [0.15, 0.2) is 0 Å². The van der Waals surface area contributed by atoms with Crippen LogP contribution in [0.5, 0.6) is 0 Å². The van der Waals surface area contributed by atoms with Crippen molar-refractivity contribution in [3.63, 3.8) is 0 Å². The normalized spacial score (nSPS) is 42.0. The minimum Gasteiger partial charge on any atom is -0.377 e. The van der Waals surface area contributed by atoms with Crippen LogP contribution in [0.1, 0.15) is 12.8 Å². The smallest absolute Gasteiger partial charge is 0.123 e. The van der Waals surface area contributed by atoms with Crippen molar-refractivity contribution in [1.29, 1.82) is 0 Å². The fourth-order valence-electron chi connectivity index (χ4n) is 0.646. The number of rotatable bonds is 0. The minimum atomic E-state index is -0.602. The summed E-state index contributed by atoms with van der Waals surface area (Å²) in [7, 11) is 0. The van der Waals surface area contributed by atoms with Crippen molar-refractivity contribution in [2.75, 3.05) is 0 Å². The Morgan fingerprint density at radius 3 is 1.71 bits per heavy atom. The summed E-state index contributed by atoms with van der Waals surface area (Å²) in [6, 6.07) is 0. The Kier molecular flexibility index (Phi) is 1.27. The first-order chi connectivity index (χ1) is 3.29. The molecule has 0 aromatic rings. The van der Waals surface area contributed by atoms with Crippen molar-refractivity contribution >= 4 is 0 Å². The molecule has 0 aromatic carbocycles. The standard InChI is InChI=1S/C4H8NO2/c6-3-1-2-4(7)5-3/h3-4,6-7H,1-2H2. The fraction of sp³-hybridized carbons (Fsp3) is 1.00. The third kappa shape index (κ3) is 1.12. The molecule has 1 radical (unpaired) electrons. The van der Waals surface area contributed by atoms with Gasteiger partial charge in [-0.2, -0.15) is 5.32 Å². The van der Waals surface area contributed by atoms with Crippen molar-refractivity contribution in [1.82, 2.24) is 5.32 Å². The van der Waals surface area contributed by atoms with Gasteiger partial charge in [0.25, 0.3) is 0 Å². The molecule has 41 valence electrons. The van der Waals surface area contributed by atoms with Crippen molar-refractivity contribution in [2.45, 2.75) is 25.3 Å². The zero-order valence-electron chi connectivity index (χ0n) is 3.91. The molecule has 2 N–H and O–H groups in total. The van der Waals surface area contributed by atoms with Crippen LogP contribution in [0.15, 0.2) is 0 Å². The molecule has 0 amide bonds. The summed E-state index contributed by atoms with van der Waals surface area (Å²) in [5.74, 6) is 0. The number of hydrogen-bond acceptors (Lipinski definition) is 2. The molecule has 1 rings (SSSR count). The molecule has 0 aliphatic carbocycles. The Morgan fingerprint density at radius 2 is 1.57 bits per heavy atom. The van der Waals surface area contributed by atoms with Crippen LogP contribution in [0.3, 0.4) is 0 Å². The summed E-state index contributed by atoms with van der Waals surface area (Å²) in [5.41, 5.74) is 0. The lowest BCUT2D eigenvalue weighted by Crippen LogP contribution is -2.19. The molecule has 1 fully saturated rings. The second-order valence-corrected chi connectivity index (χ2v) is 1.69. The van der Waals surface area contributed by atoms with Crippen molar-refractivity contribution in [3.8, 4) is 0 Å². The lowest BCUT2D eigenvalue weighted by molar-refractivity contribution is 0.0933. The largest absolute Gasteiger partial charge is 0.377 e. The second kappa shape index (κ2) is 1.78. The molecule has 7 heavy (non-hydrogen) atoms. The van der Waals surface area contributed by atoms with Crippen LogP contribution in [0.25, 0.3) is 0 Å². The third-order valence-corrected chi connectivity index (χ3v) is 1.03. The van der Waals surface area contributed by atoms with Crippen molar-refractivity contribution in [2.24, 2.45) is 0 Å². The highest BCUT2D eigenvalue weighted by Crippen LogP contribution is 2.08. The number of hydrogen-bond donors (Lipinski definition) is 2. The van der Waals surface area contributed by atoms with E-state index >= 15 is 0 Å². The van der Waals surface area contributed by atoms with Gasteiger partial charge < -0.3 is 10.2 Å². The summed E-state index contributed by atoms with van der Waals surface area (Å²) in [4.78, 5) is 0. The second-order valence-electron chi connectivity index (χ2n) is 1.69. The molecule has 1 aliphatic heterocycles. The van der Waals surface area contributed by atoms with E-state index < -0.39 is 12.5 Å². The van der Waals surface area contributed by atoms with Crippen LogP contribution < -0.4 is 5.32 Å². The average molecular weight is 102 g/mol. The monoisotopic (exact) mass is 102 g/mol. The van der Waals surface area contributed by atoms with Gasteiger partial charge in [0, 0.05) is 0 Å². The molecule has 0 bridgehead atoms. The van der Waals surface area contributed by atoms with E-state index in [1.807, 2.05) is 0 Å². The summed E-state index contributed by atoms with van der Waals surface area (Å²) >= 11 is 0. The first-order valence-corrected chi connectivity index (χ1v) is 2.35. The molecule has 0 aromatic heterocycles. The molecule has 1 saturated heterocycles. The highest BCUT2D eigenvalue weighted by atomic mass is 16.3. The first-order valence-electron chi connectivity index (χ1n) is 2.35. The Balaban J connectivity index is 2.26. The van der Waals surface area contributed by atoms with Crippen molar-refractivity contribution < 1.29 is 10.2 Å². The van der Waals surface area contributed by atoms with E-state index in [9.17, 15) is 0 Å². The van der Waals surface area contributed by atoms with Crippen molar-refractivity contribution in [3.05, 3.63) is 0 Å². The third-order valence-electron chi connectivity index (χ3n) is 1.03. The Hall–Kier alpha value is -0.120. The van der Waals surface area contributed by atoms with E-state index in [0.29, 0.717) is 12.8 Å². The van der Waals surface area contributed by atoms with E-state index in [-0.39, 0.29) is 0 Å². The van der Waals surface area contributed by atoms with Gasteiger partial charge >= 0.3 is 0 Å². The number of aliphatic hydroxyl groups excluding tert-OH is 2. The zero-order valence-corrected chi connectivity index (χ0v) is 3.91. The Labute approximate surface area is 42.0 Å². The van der Waals surface area contributed by atoms with E-state index in [0.717, 1.165) is 0 Å². The molecule has 0 spiro atoms. The molecule has 3 nitrogen and oxygen atoms in total. The van der Waals surface area contributed by atoms with Gasteiger partial charge in [0.05, 0.1) is 0 Å². The molecule has 3 heteroatoms. The maximum atomic E-state index is 8.57. The van der Waals surface area contributed by atoms with Crippen LogP contribution in [0.2, 0.25) is 0 Å². The van der Waals surface area contributed by atoms with Gasteiger partial charge in [-0.25, -0.2) is 0 Å². The van der Waals surface area contributed by atoms with E-state index in [4.69, 9.17) is 10.2 Å². The van der Waals surface area contributed by atoms with E-state index in [1.165, 1.54) is 0 Å². The summed E-state index contributed by atoms with van der Waals surface area (Å²) in [5, 5.41) is 20.6. The van der Waals surface area contributed by atoms with Gasteiger partial charge in [-0.05, 0) is 12.8 Å². The first kappa shape index (κ1) is 5.03. The molecule has 1 heterocycles. The SMILES string of the molecule is OC1CCC(O)[N]1. The van der Waals surface area contributed by atoms with Crippen LogP contribution in [0, 0.1) is 0 Å². The maximum Gasteiger partial charge on any atom is 0.123 e. The van der Waals surface area contributed by atoms with Crippen LogP contribution in [-0.2, 0) is 0 Å². The number of nitrogens with zero attached hydrogens (tertiary/aromatic N) is 1. The molecule has 0 saturated carbocycles. The van der Waals surface area contributed by atoms with Gasteiger partial charge in [0.1, 0.15) is 12.5 Å². The lowest BCUT2D eigenvalue weighted by atomic mass is 10.3. The van der Waals surface area contributed by atoms with Crippen LogP contribution in [0.4, 0.5) is 0 Å². The Bertz CT molecular complexity index is 58.7. The van der Waals surface area contributed by atoms with E-state index in [2.05, 4.69) is 5.32 Å². The maximum absolute atomic E-state index is 8.57. The quantitative estimate of drug-likeness (QED) is 0.413. The minimum absolute atomic E-state index is 0.602. The van der Waals surface area contributed by atoms with Gasteiger partial charge in [-0.1, -0.05) is 0 Å². The molecule has 2 atom stereocenters. The van der Waals surface area contributed by atoms with Gasteiger partial charge in [0.2, 0.25) is 0 Å². The van der Waals surface area contributed by atoms with Gasteiger partial charge in [-0.3, -0.25) is 0 Å². The lowest BCUT2D eigenvalue weighted by Gasteiger charge is -1.96. The molecule has 1 aliphatic rings. The summed E-state index contributed by atoms with van der Waals surface area (Å²) < 4.78 is 0. The summed E-state index contributed by atoms with van der Waals surface area (Å²) in [6.45, 7) is 0. The van der Waals surface area contributed by atoms with E-state index in [1.54, 1.807) is 0 Å². The molecular weight excluding hydrogens is 94.0 g/mol. The topological polar surface area (TPSA) is 54.6 Å². The highest BCUT2D eigenvalue weighted by Gasteiger charge is 2.19. The van der Waals surface area contributed by atoms with Crippen LogP contribution >= 0.6 is 0 Å². The summed E-state index contributed by atoms with van der Waals surface area (Å²) in [6.07, 6.45) is 0.0208. The number of aliphatic hydroxyl groups is 2. The van der Waals surface area contributed by atoms with Crippen LogP contribution in [-0.4, -0.2) is 22.7 Å². The Morgan fingerprint density at radius 1 is 1.14 bits per heavy atom. The molecular formula is C4H8NO2. The average Bonchev–Trinajstić information content (AvgIpc) is 1.87. The van der Waals surface area contributed by atoms with Gasteiger partial charge in [-0.15, -0.1) is 0 Å². The predicted octanol–water partition coefficient (Wildman–Crippen LogP) is -0.979.